The minimum atomic E-state index is -0.483. The highest BCUT2D eigenvalue weighted by molar-refractivity contribution is 7.13. The number of alkyl halides is 1. The zero-order chi connectivity index (χ0) is 23.1. The predicted molar refractivity (Wildman–Crippen MR) is 132 cm³/mol. The van der Waals surface area contributed by atoms with E-state index in [1.807, 2.05) is 18.2 Å². The van der Waals surface area contributed by atoms with E-state index >= 15 is 0 Å². The van der Waals surface area contributed by atoms with Gasteiger partial charge in [-0.3, -0.25) is 4.79 Å². The van der Waals surface area contributed by atoms with Crippen molar-refractivity contribution in [1.82, 2.24) is 0 Å². The van der Waals surface area contributed by atoms with E-state index in [4.69, 9.17) is 45.3 Å². The van der Waals surface area contributed by atoms with E-state index in [1.54, 1.807) is 12.1 Å². The van der Waals surface area contributed by atoms with E-state index in [1.165, 1.54) is 16.9 Å². The average Bonchev–Trinajstić information content (AvgIpc) is 3.33. The van der Waals surface area contributed by atoms with Crippen LogP contribution in [-0.4, -0.2) is 23.9 Å². The summed E-state index contributed by atoms with van der Waals surface area (Å²) in [4.78, 5) is 24.5. The van der Waals surface area contributed by atoms with Crippen LogP contribution in [0.1, 0.15) is 58.6 Å². The van der Waals surface area contributed by atoms with Crippen molar-refractivity contribution in [3.63, 3.8) is 0 Å². The number of hydrogen-bond acceptors (Lipinski definition) is 4. The van der Waals surface area contributed by atoms with Gasteiger partial charge in [0.2, 0.25) is 5.91 Å². The molecule has 1 aromatic heterocycles. The standard InChI is InChI=1S/C24H28Cl3NO3S/c25-17-12-15(13-18(26)14-17)4-5-16-6-8-21(27)20(16)3-1-2-19-7-9-22(32-19)24(30)31-11-10-23(28)29/h7,9,12-14,16,20-21H,1-6,8,10-11H2,(H2,28,29)/t16-,20+,21+/m0/s1. The summed E-state index contributed by atoms with van der Waals surface area (Å²) in [7, 11) is 0. The van der Waals surface area contributed by atoms with Crippen LogP contribution in [0.4, 0.5) is 0 Å². The molecule has 1 aromatic carbocycles. The fourth-order valence-electron chi connectivity index (χ4n) is 4.43. The Morgan fingerprint density at radius 2 is 1.81 bits per heavy atom. The summed E-state index contributed by atoms with van der Waals surface area (Å²) in [6, 6.07) is 9.50. The summed E-state index contributed by atoms with van der Waals surface area (Å²) < 4.78 is 5.08. The number of hydrogen-bond donors (Lipinski definition) is 1. The Bertz CT molecular complexity index is 913. The number of primary amides is 1. The number of ether oxygens (including phenoxy) is 1. The van der Waals surface area contributed by atoms with Crippen LogP contribution in [0.2, 0.25) is 10.0 Å². The maximum Gasteiger partial charge on any atom is 0.348 e. The van der Waals surface area contributed by atoms with Crippen molar-refractivity contribution >= 4 is 58.0 Å². The van der Waals surface area contributed by atoms with Gasteiger partial charge in [0.15, 0.2) is 0 Å². The molecular weight excluding hydrogens is 489 g/mol. The van der Waals surface area contributed by atoms with E-state index in [-0.39, 0.29) is 18.4 Å². The van der Waals surface area contributed by atoms with Crippen LogP contribution in [0.25, 0.3) is 0 Å². The van der Waals surface area contributed by atoms with Crippen LogP contribution in [0, 0.1) is 11.8 Å². The molecule has 0 aliphatic heterocycles. The number of halogens is 3. The first-order valence-electron chi connectivity index (χ1n) is 10.9. The van der Waals surface area contributed by atoms with E-state index in [2.05, 4.69) is 0 Å². The Labute approximate surface area is 208 Å². The van der Waals surface area contributed by atoms with Crippen LogP contribution in [0.3, 0.4) is 0 Å². The molecule has 0 spiro atoms. The fourth-order valence-corrected chi connectivity index (χ4v) is 6.40. The molecule has 2 N–H and O–H groups in total. The van der Waals surface area contributed by atoms with E-state index in [9.17, 15) is 9.59 Å². The molecule has 3 rings (SSSR count). The number of esters is 1. The van der Waals surface area contributed by atoms with Gasteiger partial charge in [-0.1, -0.05) is 23.2 Å². The maximum atomic E-state index is 12.0. The highest BCUT2D eigenvalue weighted by Crippen LogP contribution is 2.41. The SMILES string of the molecule is NC(=O)CCOC(=O)c1ccc(CCC[C@@H]2[C@@H](CCc3cc(Cl)cc(Cl)c3)CC[C@H]2Cl)s1. The lowest BCUT2D eigenvalue weighted by molar-refractivity contribution is -0.118. The summed E-state index contributed by atoms with van der Waals surface area (Å²) in [6.45, 7) is 0.0168. The number of aryl methyl sites for hydroxylation is 2. The number of carbonyl (C=O) groups excluding carboxylic acids is 2. The van der Waals surface area contributed by atoms with Gasteiger partial charge >= 0.3 is 5.97 Å². The van der Waals surface area contributed by atoms with Crippen molar-refractivity contribution in [1.29, 1.82) is 0 Å². The number of benzene rings is 1. The van der Waals surface area contributed by atoms with Crippen molar-refractivity contribution in [2.24, 2.45) is 17.6 Å². The Balaban J connectivity index is 1.45. The van der Waals surface area contributed by atoms with Gasteiger partial charge in [0.1, 0.15) is 11.5 Å². The van der Waals surface area contributed by atoms with Gasteiger partial charge in [-0.25, -0.2) is 4.79 Å². The lowest BCUT2D eigenvalue weighted by atomic mass is 9.86. The van der Waals surface area contributed by atoms with Crippen molar-refractivity contribution < 1.29 is 14.3 Å². The zero-order valence-electron chi connectivity index (χ0n) is 17.8. The predicted octanol–water partition coefficient (Wildman–Crippen LogP) is 6.68. The highest BCUT2D eigenvalue weighted by atomic mass is 35.5. The Kier molecular flexibility index (Phi) is 9.72. The molecule has 1 heterocycles. The smallest absolute Gasteiger partial charge is 0.348 e. The minimum Gasteiger partial charge on any atom is -0.461 e. The molecule has 1 fully saturated rings. The second-order valence-corrected chi connectivity index (χ2v) is 10.9. The van der Waals surface area contributed by atoms with Gasteiger partial charge in [-0.15, -0.1) is 22.9 Å². The van der Waals surface area contributed by atoms with Gasteiger partial charge in [0, 0.05) is 20.3 Å². The molecule has 4 nitrogen and oxygen atoms in total. The number of nitrogens with two attached hydrogens (primary N) is 1. The normalized spacial score (nSPS) is 20.4. The summed E-state index contributed by atoms with van der Waals surface area (Å²) >= 11 is 20.4. The second kappa shape index (κ2) is 12.3. The third-order valence-corrected chi connectivity index (χ3v) is 8.12. The lowest BCUT2D eigenvalue weighted by Gasteiger charge is -2.22. The summed E-state index contributed by atoms with van der Waals surface area (Å²) in [5, 5.41) is 1.58. The van der Waals surface area contributed by atoms with Crippen LogP contribution in [0.5, 0.6) is 0 Å². The Morgan fingerprint density at radius 3 is 2.53 bits per heavy atom. The van der Waals surface area contributed by atoms with Gasteiger partial charge in [-0.2, -0.15) is 0 Å². The second-order valence-electron chi connectivity index (χ2n) is 8.34. The van der Waals surface area contributed by atoms with Gasteiger partial charge in [0.05, 0.1) is 6.42 Å². The maximum absolute atomic E-state index is 12.0. The van der Waals surface area contributed by atoms with Crippen LogP contribution >= 0.6 is 46.1 Å². The van der Waals surface area contributed by atoms with Crippen molar-refractivity contribution in [2.75, 3.05) is 6.61 Å². The quantitative estimate of drug-likeness (QED) is 0.268. The molecule has 32 heavy (non-hydrogen) atoms. The number of amides is 1. The highest BCUT2D eigenvalue weighted by Gasteiger charge is 2.34. The lowest BCUT2D eigenvalue weighted by Crippen LogP contribution is -2.16. The van der Waals surface area contributed by atoms with Gasteiger partial charge < -0.3 is 10.5 Å². The molecule has 8 heteroatoms. The average molecular weight is 517 g/mol. The number of carbonyl (C=O) groups is 2. The zero-order valence-corrected chi connectivity index (χ0v) is 20.9. The van der Waals surface area contributed by atoms with Crippen LogP contribution in [-0.2, 0) is 22.4 Å². The number of rotatable bonds is 11. The third kappa shape index (κ3) is 7.65. The van der Waals surface area contributed by atoms with E-state index in [0.29, 0.717) is 26.8 Å². The van der Waals surface area contributed by atoms with E-state index < -0.39 is 11.9 Å². The molecular formula is C24H28Cl3NO3S. The molecule has 174 valence electrons. The molecule has 1 saturated carbocycles. The first-order chi connectivity index (χ1) is 15.3. The summed E-state index contributed by atoms with van der Waals surface area (Å²) in [5.74, 6) is 0.225. The largest absolute Gasteiger partial charge is 0.461 e. The molecule has 2 aromatic rings. The molecule has 0 unspecified atom stereocenters. The molecule has 0 saturated heterocycles. The molecule has 3 atom stereocenters. The molecule has 1 aliphatic carbocycles. The third-order valence-electron chi connectivity index (χ3n) is 6.01. The monoisotopic (exact) mass is 515 g/mol. The van der Waals surface area contributed by atoms with Crippen molar-refractivity contribution in [3.8, 4) is 0 Å². The van der Waals surface area contributed by atoms with Crippen molar-refractivity contribution in [3.05, 3.63) is 55.7 Å². The first-order valence-corrected chi connectivity index (χ1v) is 13.0. The van der Waals surface area contributed by atoms with Gasteiger partial charge in [0.25, 0.3) is 0 Å². The van der Waals surface area contributed by atoms with Gasteiger partial charge in [-0.05, 0) is 92.7 Å². The van der Waals surface area contributed by atoms with E-state index in [0.717, 1.165) is 49.8 Å². The molecule has 1 amide bonds. The molecule has 1 aliphatic rings. The fraction of sp³-hybridized carbons (Fsp3) is 0.500. The Hall–Kier alpha value is -1.27. The Morgan fingerprint density at radius 1 is 1.06 bits per heavy atom. The van der Waals surface area contributed by atoms with Crippen LogP contribution < -0.4 is 5.73 Å². The molecule has 0 bridgehead atoms. The van der Waals surface area contributed by atoms with Crippen LogP contribution in [0.15, 0.2) is 30.3 Å². The van der Waals surface area contributed by atoms with Crippen molar-refractivity contribution in [2.45, 2.75) is 56.7 Å². The summed E-state index contributed by atoms with van der Waals surface area (Å²) in [5.41, 5.74) is 6.23. The minimum absolute atomic E-state index is 0.0168. The summed E-state index contributed by atoms with van der Waals surface area (Å²) in [6.07, 6.45) is 7.32. The first kappa shape index (κ1) is 25.4. The topological polar surface area (TPSA) is 69.4 Å². The molecule has 0 radical (unpaired) electrons. The number of thiophene rings is 1.